The van der Waals surface area contributed by atoms with Crippen molar-refractivity contribution in [3.05, 3.63) is 65.9 Å². The fraction of sp³-hybridized carbons (Fsp3) is 0.286. The van der Waals surface area contributed by atoms with Gasteiger partial charge in [0, 0.05) is 36.9 Å². The average molecular weight is 382 g/mol. The van der Waals surface area contributed by atoms with E-state index in [0.717, 1.165) is 36.9 Å². The summed E-state index contributed by atoms with van der Waals surface area (Å²) in [5.74, 6) is 0. The number of aryl methyl sites for hydroxylation is 1. The molecule has 4 rings (SSSR count). The maximum Gasteiger partial charge on any atom is 0.242 e. The maximum atomic E-state index is 12.8. The molecule has 140 valence electrons. The molecular weight excluding hydrogens is 358 g/mol. The van der Waals surface area contributed by atoms with Crippen molar-refractivity contribution < 1.29 is 8.42 Å². The van der Waals surface area contributed by atoms with Crippen molar-refractivity contribution in [1.29, 1.82) is 0 Å². The van der Waals surface area contributed by atoms with E-state index in [1.165, 1.54) is 11.3 Å². The Labute approximate surface area is 160 Å². The van der Waals surface area contributed by atoms with Crippen LogP contribution in [0.2, 0.25) is 0 Å². The van der Waals surface area contributed by atoms with Crippen LogP contribution in [0.4, 0.5) is 5.69 Å². The molecule has 0 atom stereocenters. The fourth-order valence-electron chi connectivity index (χ4n) is 3.65. The van der Waals surface area contributed by atoms with Crippen molar-refractivity contribution >= 4 is 26.6 Å². The van der Waals surface area contributed by atoms with Gasteiger partial charge in [-0.25, -0.2) is 13.1 Å². The van der Waals surface area contributed by atoms with Crippen molar-refractivity contribution in [1.82, 2.24) is 9.71 Å². The van der Waals surface area contributed by atoms with Crippen LogP contribution in [0.25, 0.3) is 10.9 Å². The fourth-order valence-corrected chi connectivity index (χ4v) is 4.90. The Bertz CT molecular complexity index is 1080. The second-order valence-corrected chi connectivity index (χ2v) is 8.69. The van der Waals surface area contributed by atoms with Crippen molar-refractivity contribution in [2.45, 2.75) is 24.7 Å². The van der Waals surface area contributed by atoms with Crippen LogP contribution in [0.3, 0.4) is 0 Å². The minimum absolute atomic E-state index is 0.242. The summed E-state index contributed by atoms with van der Waals surface area (Å²) in [4.78, 5) is 6.90. The molecule has 0 unspecified atom stereocenters. The normalized spacial score (nSPS) is 13.9. The van der Waals surface area contributed by atoms with Gasteiger partial charge in [-0.2, -0.15) is 0 Å². The van der Waals surface area contributed by atoms with Gasteiger partial charge in [-0.05, 0) is 49.1 Å². The van der Waals surface area contributed by atoms with Gasteiger partial charge in [-0.1, -0.05) is 30.3 Å². The molecule has 27 heavy (non-hydrogen) atoms. The third kappa shape index (κ3) is 3.68. The van der Waals surface area contributed by atoms with Crippen molar-refractivity contribution in [3.63, 3.8) is 0 Å². The van der Waals surface area contributed by atoms with E-state index in [1.54, 1.807) is 18.3 Å². The molecule has 2 aromatic carbocycles. The number of rotatable bonds is 6. The summed E-state index contributed by atoms with van der Waals surface area (Å²) >= 11 is 0. The van der Waals surface area contributed by atoms with E-state index in [0.29, 0.717) is 12.1 Å². The molecule has 6 heteroatoms. The van der Waals surface area contributed by atoms with Crippen LogP contribution in [0.1, 0.15) is 17.5 Å². The highest BCUT2D eigenvalue weighted by molar-refractivity contribution is 7.89. The van der Waals surface area contributed by atoms with Crippen LogP contribution < -0.4 is 9.62 Å². The quantitative estimate of drug-likeness (QED) is 0.666. The van der Waals surface area contributed by atoms with Crippen LogP contribution in [0.15, 0.2) is 59.6 Å². The zero-order valence-corrected chi connectivity index (χ0v) is 16.2. The number of nitrogens with one attached hydrogen (secondary N) is 1. The van der Waals surface area contributed by atoms with Gasteiger partial charge in [0.1, 0.15) is 4.90 Å². The predicted octanol–water partition coefficient (Wildman–Crippen LogP) is 3.27. The topological polar surface area (TPSA) is 62.3 Å². The highest BCUT2D eigenvalue weighted by Gasteiger charge is 2.20. The molecule has 0 aliphatic carbocycles. The lowest BCUT2D eigenvalue weighted by Gasteiger charge is -2.19. The summed E-state index contributed by atoms with van der Waals surface area (Å²) in [5.41, 5.74) is 4.17. The first-order valence-electron chi connectivity index (χ1n) is 9.22. The first-order chi connectivity index (χ1) is 13.0. The van der Waals surface area contributed by atoms with Gasteiger partial charge in [0.05, 0.1) is 5.52 Å². The predicted molar refractivity (Wildman–Crippen MR) is 109 cm³/mol. The van der Waals surface area contributed by atoms with Crippen LogP contribution in [0, 0.1) is 6.92 Å². The number of hydrogen-bond acceptors (Lipinski definition) is 4. The Morgan fingerprint density at radius 2 is 2.00 bits per heavy atom. The van der Waals surface area contributed by atoms with Gasteiger partial charge in [0.2, 0.25) is 10.0 Å². The summed E-state index contributed by atoms with van der Waals surface area (Å²) in [6.45, 7) is 4.19. The molecule has 0 bridgehead atoms. The summed E-state index contributed by atoms with van der Waals surface area (Å²) in [6.07, 6.45) is 3.51. The van der Waals surface area contributed by atoms with Gasteiger partial charge in [0.15, 0.2) is 0 Å². The molecule has 1 aliphatic heterocycles. The highest BCUT2D eigenvalue weighted by atomic mass is 32.2. The van der Waals surface area contributed by atoms with E-state index in [2.05, 4.69) is 38.9 Å². The number of benzene rings is 2. The number of pyridine rings is 1. The van der Waals surface area contributed by atoms with E-state index >= 15 is 0 Å². The van der Waals surface area contributed by atoms with Crippen molar-refractivity contribution in [2.75, 3.05) is 24.5 Å². The lowest BCUT2D eigenvalue weighted by atomic mass is 10.2. The van der Waals surface area contributed by atoms with Crippen LogP contribution in [0.5, 0.6) is 0 Å². The second-order valence-electron chi connectivity index (χ2n) is 6.96. The summed E-state index contributed by atoms with van der Waals surface area (Å²) in [5, 5.41) is 0.839. The number of anilines is 1. The number of sulfonamides is 1. The minimum atomic E-state index is -3.59. The smallest absolute Gasteiger partial charge is 0.242 e. The zero-order chi connectivity index (χ0) is 18.9. The zero-order valence-electron chi connectivity index (χ0n) is 15.4. The van der Waals surface area contributed by atoms with Crippen LogP contribution >= 0.6 is 0 Å². The Hall–Kier alpha value is -2.44. The number of hydrogen-bond donors (Lipinski definition) is 1. The van der Waals surface area contributed by atoms with E-state index < -0.39 is 10.0 Å². The number of fused-ring (bicyclic) bond motifs is 2. The average Bonchev–Trinajstić information content (AvgIpc) is 3.08. The van der Waals surface area contributed by atoms with Crippen LogP contribution in [-0.2, 0) is 16.4 Å². The third-order valence-corrected chi connectivity index (χ3v) is 6.47. The Balaban J connectivity index is 1.41. The molecule has 1 aromatic heterocycles. The lowest BCUT2D eigenvalue weighted by molar-refractivity contribution is 0.579. The molecular formula is C21H23N3O2S. The molecule has 3 aromatic rings. The highest BCUT2D eigenvalue weighted by Crippen LogP contribution is 2.27. The first-order valence-corrected chi connectivity index (χ1v) is 10.7. The van der Waals surface area contributed by atoms with Gasteiger partial charge in [0.25, 0.3) is 0 Å². The molecule has 1 N–H and O–H groups in total. The number of nitrogens with zero attached hydrogens (tertiary/aromatic N) is 2. The van der Waals surface area contributed by atoms with E-state index in [1.807, 2.05) is 19.1 Å². The van der Waals surface area contributed by atoms with Crippen molar-refractivity contribution in [3.8, 4) is 0 Å². The van der Waals surface area contributed by atoms with Gasteiger partial charge in [-0.15, -0.1) is 0 Å². The Morgan fingerprint density at radius 1 is 1.15 bits per heavy atom. The van der Waals surface area contributed by atoms with Crippen LogP contribution in [-0.4, -0.2) is 33.0 Å². The SMILES string of the molecule is Cc1cnc2c(S(=O)(=O)NCCCN3CCc4ccccc43)cccc2c1. The van der Waals surface area contributed by atoms with Gasteiger partial charge < -0.3 is 4.90 Å². The Morgan fingerprint density at radius 3 is 2.89 bits per heavy atom. The summed E-state index contributed by atoms with van der Waals surface area (Å²) < 4.78 is 28.3. The molecule has 0 amide bonds. The molecule has 0 fully saturated rings. The van der Waals surface area contributed by atoms with E-state index in [-0.39, 0.29) is 4.90 Å². The number of aromatic nitrogens is 1. The molecule has 0 spiro atoms. The second kappa shape index (κ2) is 7.29. The number of para-hydroxylation sites is 2. The monoisotopic (exact) mass is 381 g/mol. The van der Waals surface area contributed by atoms with E-state index in [4.69, 9.17) is 0 Å². The first kappa shape index (κ1) is 17.9. The molecule has 0 saturated heterocycles. The molecule has 0 radical (unpaired) electrons. The molecule has 1 aliphatic rings. The summed E-state index contributed by atoms with van der Waals surface area (Å²) in [7, 11) is -3.59. The molecule has 2 heterocycles. The standard InChI is InChI=1S/C21H23N3O2S/c1-16-14-18-7-4-9-20(21(18)22-15-16)27(25,26)23-11-5-12-24-13-10-17-6-2-3-8-19(17)24/h2-4,6-9,14-15,23H,5,10-13H2,1H3. The minimum Gasteiger partial charge on any atom is -0.371 e. The van der Waals surface area contributed by atoms with Crippen molar-refractivity contribution in [2.24, 2.45) is 0 Å². The van der Waals surface area contributed by atoms with Gasteiger partial charge >= 0.3 is 0 Å². The lowest BCUT2D eigenvalue weighted by Crippen LogP contribution is -2.29. The molecule has 5 nitrogen and oxygen atoms in total. The molecule has 0 saturated carbocycles. The maximum absolute atomic E-state index is 12.8. The largest absolute Gasteiger partial charge is 0.371 e. The third-order valence-electron chi connectivity index (χ3n) is 4.98. The van der Waals surface area contributed by atoms with Gasteiger partial charge in [-0.3, -0.25) is 4.98 Å². The Kier molecular flexibility index (Phi) is 4.85. The summed E-state index contributed by atoms with van der Waals surface area (Å²) in [6, 6.07) is 15.6. The van der Waals surface area contributed by atoms with E-state index in [9.17, 15) is 8.42 Å².